The zero-order chi connectivity index (χ0) is 19.3. The van der Waals surface area contributed by atoms with Crippen molar-refractivity contribution in [2.24, 2.45) is 10.7 Å². The van der Waals surface area contributed by atoms with Crippen LogP contribution in [0.1, 0.15) is 29.2 Å². The molecule has 2 rings (SSSR count). The van der Waals surface area contributed by atoms with E-state index in [2.05, 4.69) is 17.6 Å². The molecule has 0 aliphatic heterocycles. The summed E-state index contributed by atoms with van der Waals surface area (Å²) >= 11 is 3.73. The van der Waals surface area contributed by atoms with E-state index in [9.17, 15) is 18.0 Å². The predicted octanol–water partition coefficient (Wildman–Crippen LogP) is 4.50. The summed E-state index contributed by atoms with van der Waals surface area (Å²) in [7, 11) is 0. The number of hydrogen-bond donors (Lipinski definition) is 2. The van der Waals surface area contributed by atoms with Gasteiger partial charge in [-0.1, -0.05) is 30.3 Å². The van der Waals surface area contributed by atoms with Crippen molar-refractivity contribution in [1.29, 1.82) is 0 Å². The second-order valence-corrected chi connectivity index (χ2v) is 6.48. The monoisotopic (exact) mass is 380 g/mol. The molecule has 0 spiro atoms. The molecule has 0 aliphatic carbocycles. The maximum absolute atomic E-state index is 13.3. The first-order valence-corrected chi connectivity index (χ1v) is 8.40. The van der Waals surface area contributed by atoms with E-state index in [1.165, 1.54) is 19.1 Å². The van der Waals surface area contributed by atoms with E-state index in [4.69, 9.17) is 5.73 Å². The number of nitrogens with two attached hydrogens (primary N) is 1. The van der Waals surface area contributed by atoms with Gasteiger partial charge >= 0.3 is 6.18 Å². The molecule has 0 fully saturated rings. The van der Waals surface area contributed by atoms with Gasteiger partial charge in [-0.05, 0) is 48.6 Å². The minimum absolute atomic E-state index is 0.182. The van der Waals surface area contributed by atoms with Gasteiger partial charge in [0.05, 0.1) is 17.1 Å². The summed E-state index contributed by atoms with van der Waals surface area (Å²) in [4.78, 5) is 14.9. The normalized spacial score (nSPS) is 12.3. The Morgan fingerprint density at radius 2 is 1.69 bits per heavy atom. The first-order valence-electron chi connectivity index (χ1n) is 7.95. The average molecular weight is 380 g/mol. The highest BCUT2D eigenvalue weighted by Crippen LogP contribution is 2.35. The summed E-state index contributed by atoms with van der Waals surface area (Å²) in [5.74, 6) is 0.200. The van der Waals surface area contributed by atoms with Gasteiger partial charge in [-0.25, -0.2) is 4.99 Å². The van der Waals surface area contributed by atoms with Crippen LogP contribution < -0.4 is 5.73 Å². The minimum Gasteiger partial charge on any atom is -0.387 e. The van der Waals surface area contributed by atoms with Crippen LogP contribution in [0.5, 0.6) is 0 Å². The Hall–Kier alpha value is -2.28. The van der Waals surface area contributed by atoms with Gasteiger partial charge in [0, 0.05) is 6.42 Å². The SMILES string of the molecule is CC(N)=Nc1ccc(CCc2ccc(CC(=O)S)cc2)c(C(F)(F)F)c1. The third-order valence-corrected chi connectivity index (χ3v) is 3.92. The van der Waals surface area contributed by atoms with E-state index in [0.717, 1.165) is 17.2 Å². The van der Waals surface area contributed by atoms with Gasteiger partial charge in [0.15, 0.2) is 5.12 Å². The summed E-state index contributed by atoms with van der Waals surface area (Å²) in [6, 6.07) is 11.2. The number of aryl methyl sites for hydroxylation is 2. The lowest BCUT2D eigenvalue weighted by molar-refractivity contribution is -0.138. The molecular weight excluding hydrogens is 361 g/mol. The molecular formula is C19H19F3N2OS. The molecule has 2 aromatic rings. The van der Waals surface area contributed by atoms with Crippen molar-refractivity contribution < 1.29 is 18.0 Å². The van der Waals surface area contributed by atoms with Crippen molar-refractivity contribution in [2.45, 2.75) is 32.4 Å². The Balaban J connectivity index is 2.18. The highest BCUT2D eigenvalue weighted by Gasteiger charge is 2.33. The smallest absolute Gasteiger partial charge is 0.387 e. The van der Waals surface area contributed by atoms with Crippen LogP contribution in [0.25, 0.3) is 0 Å². The minimum atomic E-state index is -4.46. The number of thiol groups is 1. The van der Waals surface area contributed by atoms with Crippen LogP contribution >= 0.6 is 12.6 Å². The molecule has 0 saturated heterocycles. The summed E-state index contributed by atoms with van der Waals surface area (Å²) in [5.41, 5.74) is 6.86. The van der Waals surface area contributed by atoms with Crippen molar-refractivity contribution in [1.82, 2.24) is 0 Å². The molecule has 26 heavy (non-hydrogen) atoms. The first-order chi connectivity index (χ1) is 12.1. The number of carbonyl (C=O) groups is 1. The van der Waals surface area contributed by atoms with Gasteiger partial charge in [-0.3, -0.25) is 4.79 Å². The molecule has 3 nitrogen and oxygen atoms in total. The van der Waals surface area contributed by atoms with E-state index in [1.807, 2.05) is 12.1 Å². The third kappa shape index (κ3) is 5.91. The first kappa shape index (κ1) is 20.0. The van der Waals surface area contributed by atoms with Crippen molar-refractivity contribution in [3.8, 4) is 0 Å². The highest BCUT2D eigenvalue weighted by atomic mass is 32.1. The second-order valence-electron chi connectivity index (χ2n) is 5.98. The summed E-state index contributed by atoms with van der Waals surface area (Å²) < 4.78 is 40.0. The Labute approximate surface area is 155 Å². The maximum atomic E-state index is 13.3. The van der Waals surface area contributed by atoms with Gasteiger partial charge in [0.25, 0.3) is 0 Å². The molecule has 2 N–H and O–H groups in total. The van der Waals surface area contributed by atoms with Crippen LogP contribution in [0.2, 0.25) is 0 Å². The van der Waals surface area contributed by atoms with E-state index in [0.29, 0.717) is 6.42 Å². The number of amidine groups is 1. The van der Waals surface area contributed by atoms with Crippen molar-refractivity contribution in [3.63, 3.8) is 0 Å². The Kier molecular flexibility index (Phi) is 6.47. The number of halogens is 3. The molecule has 0 radical (unpaired) electrons. The number of hydrogen-bond acceptors (Lipinski definition) is 2. The molecule has 0 heterocycles. The fraction of sp³-hybridized carbons (Fsp3) is 0.263. The second kappa shape index (κ2) is 8.40. The third-order valence-electron chi connectivity index (χ3n) is 3.77. The van der Waals surface area contributed by atoms with Crippen LogP contribution in [0.3, 0.4) is 0 Å². The predicted molar refractivity (Wildman–Crippen MR) is 99.9 cm³/mol. The molecule has 0 amide bonds. The van der Waals surface area contributed by atoms with Gasteiger partial charge in [-0.2, -0.15) is 13.2 Å². The fourth-order valence-corrected chi connectivity index (χ4v) is 2.78. The van der Waals surface area contributed by atoms with Crippen molar-refractivity contribution in [2.75, 3.05) is 0 Å². The van der Waals surface area contributed by atoms with Crippen LogP contribution in [0.15, 0.2) is 47.5 Å². The van der Waals surface area contributed by atoms with Crippen LogP contribution in [-0.4, -0.2) is 11.0 Å². The maximum Gasteiger partial charge on any atom is 0.416 e. The zero-order valence-corrected chi connectivity index (χ0v) is 15.1. The molecule has 0 saturated carbocycles. The summed E-state index contributed by atoms with van der Waals surface area (Å²) in [6.07, 6.45) is -3.54. The van der Waals surface area contributed by atoms with E-state index >= 15 is 0 Å². The number of rotatable bonds is 6. The highest BCUT2D eigenvalue weighted by molar-refractivity contribution is 7.96. The topological polar surface area (TPSA) is 55.4 Å². The quantitative estimate of drug-likeness (QED) is 0.440. The van der Waals surface area contributed by atoms with E-state index in [-0.39, 0.29) is 35.0 Å². The van der Waals surface area contributed by atoms with Gasteiger partial charge in [0.1, 0.15) is 0 Å². The van der Waals surface area contributed by atoms with Crippen LogP contribution in [0, 0.1) is 0 Å². The lowest BCUT2D eigenvalue weighted by atomic mass is 9.98. The van der Waals surface area contributed by atoms with Crippen molar-refractivity contribution >= 4 is 29.3 Å². The molecule has 0 atom stereocenters. The molecule has 0 aliphatic rings. The summed E-state index contributed by atoms with van der Waals surface area (Å²) in [5, 5.41) is -0.233. The van der Waals surface area contributed by atoms with Gasteiger partial charge < -0.3 is 5.73 Å². The number of benzene rings is 2. The fourth-order valence-electron chi connectivity index (χ4n) is 2.60. The lowest BCUT2D eigenvalue weighted by Crippen LogP contribution is -2.10. The summed E-state index contributed by atoms with van der Waals surface area (Å²) in [6.45, 7) is 1.52. The molecule has 0 aromatic heterocycles. The molecule has 0 bridgehead atoms. The average Bonchev–Trinajstić information content (AvgIpc) is 2.53. The standard InChI is InChI=1S/C19H19F3N2OS/c1-12(23)24-16-9-8-15(17(11-16)19(20,21)22)7-6-13-2-4-14(5-3-13)10-18(25)26/h2-5,8-9,11H,6-7,10H2,1H3,(H2,23,24)(H,25,26). The lowest BCUT2D eigenvalue weighted by Gasteiger charge is -2.14. The molecule has 7 heteroatoms. The van der Waals surface area contributed by atoms with Crippen LogP contribution in [0.4, 0.5) is 18.9 Å². The van der Waals surface area contributed by atoms with Crippen molar-refractivity contribution in [3.05, 3.63) is 64.7 Å². The van der Waals surface area contributed by atoms with Gasteiger partial charge in [0.2, 0.25) is 0 Å². The number of nitrogens with zero attached hydrogens (tertiary/aromatic N) is 1. The molecule has 0 unspecified atom stereocenters. The number of carbonyl (C=O) groups excluding carboxylic acids is 1. The Morgan fingerprint density at radius 1 is 1.08 bits per heavy atom. The Bertz CT molecular complexity index is 811. The van der Waals surface area contributed by atoms with Gasteiger partial charge in [-0.15, -0.1) is 12.6 Å². The Morgan fingerprint density at radius 3 is 2.23 bits per heavy atom. The van der Waals surface area contributed by atoms with E-state index in [1.54, 1.807) is 12.1 Å². The van der Waals surface area contributed by atoms with Crippen LogP contribution in [-0.2, 0) is 30.2 Å². The number of aliphatic imine (C=N–C) groups is 1. The molecule has 2 aromatic carbocycles. The van der Waals surface area contributed by atoms with E-state index < -0.39 is 11.7 Å². The number of alkyl halides is 3. The zero-order valence-electron chi connectivity index (χ0n) is 14.2. The molecule has 138 valence electrons. The largest absolute Gasteiger partial charge is 0.416 e.